The topological polar surface area (TPSA) is 55.1 Å². The predicted molar refractivity (Wildman–Crippen MR) is 73.1 cm³/mol. The van der Waals surface area contributed by atoms with Crippen molar-refractivity contribution >= 4 is 11.6 Å². The lowest BCUT2D eigenvalue weighted by atomic mass is 10.1. The van der Waals surface area contributed by atoms with Crippen LogP contribution < -0.4 is 11.1 Å². The molecule has 0 aliphatic rings. The third-order valence-corrected chi connectivity index (χ3v) is 2.99. The van der Waals surface area contributed by atoms with E-state index in [0.29, 0.717) is 23.4 Å². The van der Waals surface area contributed by atoms with Crippen LogP contribution >= 0.6 is 0 Å². The molecule has 1 amide bonds. The summed E-state index contributed by atoms with van der Waals surface area (Å²) in [5, 5.41) is 2.44. The third kappa shape index (κ3) is 3.34. The molecule has 0 aromatic heterocycles. The van der Waals surface area contributed by atoms with Gasteiger partial charge in [0, 0.05) is 17.8 Å². The second-order valence-corrected chi connectivity index (χ2v) is 4.61. The van der Waals surface area contributed by atoms with E-state index in [2.05, 4.69) is 5.32 Å². The molecule has 2 rings (SSSR count). The number of nitrogen functional groups attached to an aromatic ring is 1. The van der Waals surface area contributed by atoms with Gasteiger partial charge in [0.1, 0.15) is 23.0 Å². The average molecular weight is 294 g/mol. The molecular weight excluding hydrogens is 281 g/mol. The van der Waals surface area contributed by atoms with Crippen LogP contribution in [0.15, 0.2) is 36.4 Å². The van der Waals surface area contributed by atoms with E-state index in [1.807, 2.05) is 0 Å². The first-order chi connectivity index (χ1) is 9.88. The highest BCUT2D eigenvalue weighted by atomic mass is 19.1. The van der Waals surface area contributed by atoms with Crippen molar-refractivity contribution in [3.63, 3.8) is 0 Å². The molecule has 3 nitrogen and oxygen atoms in total. The van der Waals surface area contributed by atoms with Crippen LogP contribution in [0.3, 0.4) is 0 Å². The van der Waals surface area contributed by atoms with Gasteiger partial charge in [-0.25, -0.2) is 13.2 Å². The smallest absolute Gasteiger partial charge is 0.257 e. The molecule has 21 heavy (non-hydrogen) atoms. The number of nitrogens with one attached hydrogen (secondary N) is 1. The average Bonchev–Trinajstić information content (AvgIpc) is 2.37. The highest BCUT2D eigenvalue weighted by molar-refractivity contribution is 5.95. The molecule has 3 N–H and O–H groups in total. The Kier molecular flexibility index (Phi) is 4.16. The Morgan fingerprint density at radius 3 is 2.33 bits per heavy atom. The fraction of sp³-hybridized carbons (Fsp3) is 0.133. The first-order valence-corrected chi connectivity index (χ1v) is 6.19. The van der Waals surface area contributed by atoms with Crippen molar-refractivity contribution in [2.24, 2.45) is 0 Å². The van der Waals surface area contributed by atoms with E-state index in [1.165, 1.54) is 0 Å². The summed E-state index contributed by atoms with van der Waals surface area (Å²) in [7, 11) is 0. The molecular formula is C15H13F3N2O. The quantitative estimate of drug-likeness (QED) is 0.854. The summed E-state index contributed by atoms with van der Waals surface area (Å²) in [5.74, 6) is -4.53. The van der Waals surface area contributed by atoms with Crippen molar-refractivity contribution in [1.82, 2.24) is 5.32 Å². The molecule has 0 fully saturated rings. The molecule has 0 radical (unpaired) electrons. The number of hydrogen-bond acceptors (Lipinski definition) is 2. The molecule has 0 saturated carbocycles. The van der Waals surface area contributed by atoms with Crippen molar-refractivity contribution in [2.45, 2.75) is 13.0 Å². The second kappa shape index (κ2) is 5.87. The Morgan fingerprint density at radius 2 is 1.76 bits per heavy atom. The fourth-order valence-corrected chi connectivity index (χ4v) is 1.94. The summed E-state index contributed by atoms with van der Waals surface area (Å²) in [6.45, 7) is 1.64. The summed E-state index contributed by atoms with van der Waals surface area (Å²) < 4.78 is 39.9. The van der Waals surface area contributed by atoms with Gasteiger partial charge in [-0.1, -0.05) is 12.1 Å². The van der Waals surface area contributed by atoms with Crippen molar-refractivity contribution in [3.05, 3.63) is 65.0 Å². The largest absolute Gasteiger partial charge is 0.399 e. The van der Waals surface area contributed by atoms with Crippen LogP contribution in [0.5, 0.6) is 0 Å². The number of anilines is 1. The zero-order valence-electron chi connectivity index (χ0n) is 11.2. The fourth-order valence-electron chi connectivity index (χ4n) is 1.94. The number of benzene rings is 2. The molecule has 1 unspecified atom stereocenters. The van der Waals surface area contributed by atoms with E-state index in [-0.39, 0.29) is 0 Å². The predicted octanol–water partition coefficient (Wildman–Crippen LogP) is 3.18. The highest BCUT2D eigenvalue weighted by Gasteiger charge is 2.20. The van der Waals surface area contributed by atoms with E-state index in [9.17, 15) is 18.0 Å². The highest BCUT2D eigenvalue weighted by Crippen LogP contribution is 2.18. The molecule has 0 aliphatic heterocycles. The number of halogens is 3. The van der Waals surface area contributed by atoms with E-state index >= 15 is 0 Å². The number of nitrogens with two attached hydrogens (primary N) is 1. The standard InChI is InChI=1S/C15H13F3N2O/c1-8(9-3-2-4-11(19)5-9)20-15(21)14-12(17)6-10(16)7-13(14)18/h2-8H,19H2,1H3,(H,20,21). The van der Waals surface area contributed by atoms with Gasteiger partial charge < -0.3 is 11.1 Å². The van der Waals surface area contributed by atoms with Crippen molar-refractivity contribution in [2.75, 3.05) is 5.73 Å². The van der Waals surface area contributed by atoms with Gasteiger partial charge >= 0.3 is 0 Å². The molecule has 1 atom stereocenters. The normalized spacial score (nSPS) is 12.0. The van der Waals surface area contributed by atoms with Gasteiger partial charge in [-0.2, -0.15) is 0 Å². The molecule has 0 bridgehead atoms. The maximum atomic E-state index is 13.5. The number of hydrogen-bond donors (Lipinski definition) is 2. The maximum absolute atomic E-state index is 13.5. The Labute approximate surface area is 119 Å². The van der Waals surface area contributed by atoms with Crippen LogP contribution in [0.2, 0.25) is 0 Å². The summed E-state index contributed by atoms with van der Waals surface area (Å²) in [4.78, 5) is 11.9. The third-order valence-electron chi connectivity index (χ3n) is 2.99. The number of carbonyl (C=O) groups excluding carboxylic acids is 1. The molecule has 0 heterocycles. The van der Waals surface area contributed by atoms with Gasteiger partial charge in [0.05, 0.1) is 6.04 Å². The summed E-state index contributed by atoms with van der Waals surface area (Å²) >= 11 is 0. The van der Waals surface area contributed by atoms with Crippen LogP contribution in [0, 0.1) is 17.5 Å². The second-order valence-electron chi connectivity index (χ2n) is 4.61. The van der Waals surface area contributed by atoms with Crippen molar-refractivity contribution in [1.29, 1.82) is 0 Å². The monoisotopic (exact) mass is 294 g/mol. The van der Waals surface area contributed by atoms with E-state index < -0.39 is 35.0 Å². The van der Waals surface area contributed by atoms with Crippen LogP contribution in [-0.4, -0.2) is 5.91 Å². The molecule has 110 valence electrons. The van der Waals surface area contributed by atoms with Gasteiger partial charge in [-0.3, -0.25) is 4.79 Å². The van der Waals surface area contributed by atoms with Gasteiger partial charge in [0.15, 0.2) is 0 Å². The lowest BCUT2D eigenvalue weighted by molar-refractivity contribution is 0.0931. The minimum Gasteiger partial charge on any atom is -0.399 e. The van der Waals surface area contributed by atoms with E-state index in [0.717, 1.165) is 0 Å². The van der Waals surface area contributed by atoms with Gasteiger partial charge in [-0.05, 0) is 24.6 Å². The molecule has 0 saturated heterocycles. The zero-order chi connectivity index (χ0) is 15.6. The van der Waals surface area contributed by atoms with Crippen molar-refractivity contribution in [3.8, 4) is 0 Å². The molecule has 2 aromatic carbocycles. The summed E-state index contributed by atoms with van der Waals surface area (Å²) in [6.07, 6.45) is 0. The minimum atomic E-state index is -1.25. The minimum absolute atomic E-state index is 0.461. The lowest BCUT2D eigenvalue weighted by Crippen LogP contribution is -2.28. The van der Waals surface area contributed by atoms with E-state index in [4.69, 9.17) is 5.73 Å². The Balaban J connectivity index is 2.22. The number of amides is 1. The Morgan fingerprint density at radius 1 is 1.14 bits per heavy atom. The van der Waals surface area contributed by atoms with Crippen molar-refractivity contribution < 1.29 is 18.0 Å². The molecule has 2 aromatic rings. The number of rotatable bonds is 3. The zero-order valence-corrected chi connectivity index (χ0v) is 11.2. The van der Waals surface area contributed by atoms with Gasteiger partial charge in [0.2, 0.25) is 0 Å². The van der Waals surface area contributed by atoms with Crippen LogP contribution in [0.1, 0.15) is 28.9 Å². The van der Waals surface area contributed by atoms with E-state index in [1.54, 1.807) is 31.2 Å². The van der Waals surface area contributed by atoms with Crippen LogP contribution in [0.4, 0.5) is 18.9 Å². The Bertz CT molecular complexity index is 665. The van der Waals surface area contributed by atoms with Gasteiger partial charge in [-0.15, -0.1) is 0 Å². The molecule has 6 heteroatoms. The maximum Gasteiger partial charge on any atom is 0.257 e. The first-order valence-electron chi connectivity index (χ1n) is 6.19. The summed E-state index contributed by atoms with van der Waals surface area (Å²) in [6, 6.07) is 7.15. The number of carbonyl (C=O) groups is 1. The SMILES string of the molecule is CC(NC(=O)c1c(F)cc(F)cc1F)c1cccc(N)c1. The summed E-state index contributed by atoms with van der Waals surface area (Å²) in [5.41, 5.74) is 6.01. The Hall–Kier alpha value is -2.50. The van der Waals surface area contributed by atoms with Crippen LogP contribution in [0.25, 0.3) is 0 Å². The van der Waals surface area contributed by atoms with Crippen LogP contribution in [-0.2, 0) is 0 Å². The lowest BCUT2D eigenvalue weighted by Gasteiger charge is -2.15. The molecule has 0 aliphatic carbocycles. The molecule has 0 spiro atoms. The first kappa shape index (κ1) is 14.9. The van der Waals surface area contributed by atoms with Gasteiger partial charge in [0.25, 0.3) is 5.91 Å².